The molecule has 8 heteroatoms. The third-order valence-corrected chi connectivity index (χ3v) is 6.75. The molecule has 0 spiro atoms. The highest BCUT2D eigenvalue weighted by Gasteiger charge is 2.14. The molecular formula is C25H29N5O2S. The van der Waals surface area contributed by atoms with Gasteiger partial charge in [0.05, 0.1) is 5.75 Å². The number of nitrogens with zero attached hydrogens (tertiary/aromatic N) is 3. The van der Waals surface area contributed by atoms with Gasteiger partial charge in [0.25, 0.3) is 5.91 Å². The second-order valence-electron chi connectivity index (χ2n) is 8.17. The van der Waals surface area contributed by atoms with Crippen molar-refractivity contribution in [2.45, 2.75) is 31.1 Å². The number of carbonyl (C=O) groups is 2. The number of aromatic nitrogens is 2. The van der Waals surface area contributed by atoms with Gasteiger partial charge in [0.15, 0.2) is 5.16 Å². The maximum atomic E-state index is 12.7. The van der Waals surface area contributed by atoms with Crippen LogP contribution in [0.1, 0.15) is 34.3 Å². The number of anilines is 1. The predicted molar refractivity (Wildman–Crippen MR) is 131 cm³/mol. The molecular weight excluding hydrogens is 434 g/mol. The van der Waals surface area contributed by atoms with Crippen LogP contribution >= 0.6 is 11.8 Å². The van der Waals surface area contributed by atoms with Crippen molar-refractivity contribution >= 4 is 29.3 Å². The van der Waals surface area contributed by atoms with Gasteiger partial charge < -0.3 is 15.2 Å². The van der Waals surface area contributed by atoms with E-state index in [2.05, 4.69) is 38.7 Å². The third kappa shape index (κ3) is 6.46. The molecule has 0 bridgehead atoms. The molecule has 1 aliphatic rings. The van der Waals surface area contributed by atoms with Gasteiger partial charge in [-0.2, -0.15) is 0 Å². The predicted octanol–water partition coefficient (Wildman–Crippen LogP) is 3.68. The van der Waals surface area contributed by atoms with Crippen molar-refractivity contribution in [2.75, 3.05) is 24.2 Å². The lowest BCUT2D eigenvalue weighted by Crippen LogP contribution is -2.25. The van der Waals surface area contributed by atoms with Crippen LogP contribution in [0.15, 0.2) is 66.1 Å². The average molecular weight is 464 g/mol. The fraction of sp³-hybridized carbons (Fsp3) is 0.320. The first-order chi connectivity index (χ1) is 16.1. The Morgan fingerprint density at radius 1 is 1.03 bits per heavy atom. The smallest absolute Gasteiger partial charge is 0.251 e. The molecule has 4 rings (SSSR count). The highest BCUT2D eigenvalue weighted by atomic mass is 32.2. The molecule has 2 N–H and O–H groups in total. The van der Waals surface area contributed by atoms with E-state index >= 15 is 0 Å². The molecule has 3 aromatic rings. The Hall–Kier alpha value is -3.10. The van der Waals surface area contributed by atoms with Crippen LogP contribution in [0.4, 0.5) is 5.69 Å². The fourth-order valence-electron chi connectivity index (χ4n) is 3.87. The van der Waals surface area contributed by atoms with Gasteiger partial charge in [-0.05, 0) is 61.3 Å². The van der Waals surface area contributed by atoms with Crippen molar-refractivity contribution in [1.82, 2.24) is 19.8 Å². The fourth-order valence-corrected chi connectivity index (χ4v) is 4.60. The zero-order chi connectivity index (χ0) is 23.0. The molecule has 1 aliphatic heterocycles. The third-order valence-electron chi connectivity index (χ3n) is 5.69. The normalized spacial score (nSPS) is 13.7. The molecule has 1 saturated heterocycles. The van der Waals surface area contributed by atoms with Crippen LogP contribution in [-0.4, -0.2) is 45.1 Å². The zero-order valence-corrected chi connectivity index (χ0v) is 19.6. The lowest BCUT2D eigenvalue weighted by atomic mass is 10.1. The monoisotopic (exact) mass is 463 g/mol. The quantitative estimate of drug-likeness (QED) is 0.474. The van der Waals surface area contributed by atoms with Crippen LogP contribution in [0.2, 0.25) is 0 Å². The van der Waals surface area contributed by atoms with E-state index in [0.717, 1.165) is 30.4 Å². The number of imidazole rings is 1. The summed E-state index contributed by atoms with van der Waals surface area (Å²) in [7, 11) is 1.89. The molecule has 33 heavy (non-hydrogen) atoms. The van der Waals surface area contributed by atoms with Gasteiger partial charge in [0.2, 0.25) is 5.91 Å². The first kappa shape index (κ1) is 23.1. The molecule has 1 aromatic heterocycles. The van der Waals surface area contributed by atoms with Crippen molar-refractivity contribution in [2.24, 2.45) is 7.05 Å². The lowest BCUT2D eigenvalue weighted by molar-refractivity contribution is -0.113. The maximum Gasteiger partial charge on any atom is 0.251 e. The summed E-state index contributed by atoms with van der Waals surface area (Å²) in [4.78, 5) is 31.5. The van der Waals surface area contributed by atoms with Crippen LogP contribution in [0.5, 0.6) is 0 Å². The lowest BCUT2D eigenvalue weighted by Gasteiger charge is -2.17. The second-order valence-corrected chi connectivity index (χ2v) is 9.11. The Bertz CT molecular complexity index is 1090. The minimum atomic E-state index is -0.130. The molecule has 2 amide bonds. The van der Waals surface area contributed by atoms with E-state index in [-0.39, 0.29) is 17.6 Å². The standard InChI is InChI=1S/C25H29N5O2S/c1-29-15-12-26-25(29)33-18-23(31)28-22-10-8-19(9-11-22)24(32)27-16-20-6-2-3-7-21(20)17-30-13-4-5-14-30/h2-3,6-12,15H,4-5,13-14,16-18H2,1H3,(H,27,32)(H,28,31). The summed E-state index contributed by atoms with van der Waals surface area (Å²) in [5.41, 5.74) is 3.63. The first-order valence-corrected chi connectivity index (χ1v) is 12.1. The summed E-state index contributed by atoms with van der Waals surface area (Å²) in [5.74, 6) is 0.0215. The highest BCUT2D eigenvalue weighted by Crippen LogP contribution is 2.17. The van der Waals surface area contributed by atoms with Gasteiger partial charge in [-0.25, -0.2) is 4.98 Å². The van der Waals surface area contributed by atoms with Crippen LogP contribution in [-0.2, 0) is 24.9 Å². The minimum absolute atomic E-state index is 0.116. The van der Waals surface area contributed by atoms with Gasteiger partial charge in [-0.3, -0.25) is 14.5 Å². The summed E-state index contributed by atoms with van der Waals surface area (Å²) in [6.07, 6.45) is 6.07. The van der Waals surface area contributed by atoms with E-state index in [4.69, 9.17) is 0 Å². The molecule has 0 unspecified atom stereocenters. The molecule has 172 valence electrons. The topological polar surface area (TPSA) is 79.3 Å². The van der Waals surface area contributed by atoms with Crippen LogP contribution < -0.4 is 10.6 Å². The van der Waals surface area contributed by atoms with Crippen molar-refractivity contribution < 1.29 is 9.59 Å². The van der Waals surface area contributed by atoms with Crippen LogP contribution in [0, 0.1) is 0 Å². The molecule has 7 nitrogen and oxygen atoms in total. The van der Waals surface area contributed by atoms with Gasteiger partial charge >= 0.3 is 0 Å². The number of benzene rings is 2. The minimum Gasteiger partial charge on any atom is -0.348 e. The number of carbonyl (C=O) groups excluding carboxylic acids is 2. The van der Waals surface area contributed by atoms with Crippen molar-refractivity contribution in [3.05, 3.63) is 77.6 Å². The zero-order valence-electron chi connectivity index (χ0n) is 18.8. The number of amides is 2. The van der Waals surface area contributed by atoms with E-state index in [1.165, 1.54) is 30.2 Å². The number of thioether (sulfide) groups is 1. The Kier molecular flexibility index (Phi) is 7.80. The molecule has 2 heterocycles. The molecule has 2 aromatic carbocycles. The Morgan fingerprint density at radius 3 is 2.45 bits per heavy atom. The number of hydrogen-bond acceptors (Lipinski definition) is 5. The Balaban J connectivity index is 1.27. The summed E-state index contributed by atoms with van der Waals surface area (Å²) in [5, 5.41) is 6.67. The summed E-state index contributed by atoms with van der Waals surface area (Å²) in [6, 6.07) is 15.2. The highest BCUT2D eigenvalue weighted by molar-refractivity contribution is 7.99. The maximum absolute atomic E-state index is 12.7. The van der Waals surface area contributed by atoms with E-state index in [1.54, 1.807) is 30.5 Å². The van der Waals surface area contributed by atoms with E-state index < -0.39 is 0 Å². The van der Waals surface area contributed by atoms with Gasteiger partial charge in [-0.15, -0.1) is 0 Å². The second kappa shape index (κ2) is 11.2. The first-order valence-electron chi connectivity index (χ1n) is 11.2. The van der Waals surface area contributed by atoms with E-state index in [9.17, 15) is 9.59 Å². The summed E-state index contributed by atoms with van der Waals surface area (Å²) >= 11 is 1.38. The van der Waals surface area contributed by atoms with E-state index in [0.29, 0.717) is 17.8 Å². The summed E-state index contributed by atoms with van der Waals surface area (Å²) in [6.45, 7) is 3.71. The molecule has 0 aliphatic carbocycles. The largest absolute Gasteiger partial charge is 0.348 e. The van der Waals surface area contributed by atoms with Gasteiger partial charge in [0, 0.05) is 43.8 Å². The van der Waals surface area contributed by atoms with Gasteiger partial charge in [-0.1, -0.05) is 36.0 Å². The van der Waals surface area contributed by atoms with Gasteiger partial charge in [0.1, 0.15) is 0 Å². The molecule has 0 saturated carbocycles. The van der Waals surface area contributed by atoms with Crippen LogP contribution in [0.3, 0.4) is 0 Å². The number of rotatable bonds is 9. The van der Waals surface area contributed by atoms with Crippen LogP contribution in [0.25, 0.3) is 0 Å². The molecule has 0 atom stereocenters. The number of aryl methyl sites for hydroxylation is 1. The van der Waals surface area contributed by atoms with Crippen molar-refractivity contribution in [3.8, 4) is 0 Å². The Labute approximate surface area is 198 Å². The molecule has 1 fully saturated rings. The van der Waals surface area contributed by atoms with Crippen molar-refractivity contribution in [1.29, 1.82) is 0 Å². The SMILES string of the molecule is Cn1ccnc1SCC(=O)Nc1ccc(C(=O)NCc2ccccc2CN2CCCC2)cc1. The molecule has 0 radical (unpaired) electrons. The number of likely N-dealkylation sites (tertiary alicyclic amines) is 1. The average Bonchev–Trinajstić information content (AvgIpc) is 3.49. The van der Waals surface area contributed by atoms with E-state index in [1.807, 2.05) is 23.9 Å². The van der Waals surface area contributed by atoms with Crippen molar-refractivity contribution in [3.63, 3.8) is 0 Å². The number of hydrogen-bond donors (Lipinski definition) is 2. The summed E-state index contributed by atoms with van der Waals surface area (Å²) < 4.78 is 1.87. The Morgan fingerprint density at radius 2 is 1.76 bits per heavy atom. The number of nitrogens with one attached hydrogen (secondary N) is 2.